The van der Waals surface area contributed by atoms with E-state index in [2.05, 4.69) is 10.2 Å². The smallest absolute Gasteiger partial charge is 0.413 e. The van der Waals surface area contributed by atoms with Gasteiger partial charge in [0.05, 0.1) is 11.0 Å². The Kier molecular flexibility index (Phi) is 4.59. The number of likely N-dealkylation sites (tertiary alicyclic amines) is 1. The lowest BCUT2D eigenvalue weighted by molar-refractivity contribution is -0.185. The largest absolute Gasteiger partial charge is 0.480 e. The fourth-order valence-corrected chi connectivity index (χ4v) is 6.37. The van der Waals surface area contributed by atoms with Gasteiger partial charge < -0.3 is 29.9 Å². The summed E-state index contributed by atoms with van der Waals surface area (Å²) in [5, 5.41) is 23.7. The van der Waals surface area contributed by atoms with Gasteiger partial charge in [-0.05, 0) is 50.4 Å². The molecular formula is C23H28N2O7. The summed E-state index contributed by atoms with van der Waals surface area (Å²) in [7, 11) is 2.00. The van der Waals surface area contributed by atoms with E-state index in [1.54, 1.807) is 19.9 Å². The molecule has 1 aromatic rings. The van der Waals surface area contributed by atoms with E-state index in [4.69, 9.17) is 9.47 Å². The second-order valence-electron chi connectivity index (χ2n) is 9.83. The van der Waals surface area contributed by atoms with Crippen LogP contribution in [0.1, 0.15) is 44.2 Å². The van der Waals surface area contributed by atoms with Crippen molar-refractivity contribution in [2.24, 2.45) is 5.92 Å². The number of rotatable bonds is 4. The Hall–Kier alpha value is -2.65. The molecule has 1 saturated heterocycles. The van der Waals surface area contributed by atoms with Crippen LogP contribution >= 0.6 is 0 Å². The lowest BCUT2D eigenvalue weighted by Gasteiger charge is -2.61. The number of nitrogens with zero attached hydrogens (tertiary/aromatic N) is 1. The van der Waals surface area contributed by atoms with Gasteiger partial charge in [-0.3, -0.25) is 4.79 Å². The molecule has 1 aromatic carbocycles. The quantitative estimate of drug-likeness (QED) is 0.633. The molecule has 9 heteroatoms. The number of aliphatic carboxylic acids is 1. The molecule has 2 aliphatic carbocycles. The van der Waals surface area contributed by atoms with Crippen LogP contribution in [0.25, 0.3) is 0 Å². The number of ketones is 1. The number of Topliss-reactive ketones (excluding diaryl/α,β-unsaturated/α-hetero) is 1. The van der Waals surface area contributed by atoms with Crippen molar-refractivity contribution in [3.63, 3.8) is 0 Å². The zero-order valence-electron chi connectivity index (χ0n) is 18.4. The number of benzene rings is 1. The van der Waals surface area contributed by atoms with E-state index in [-0.39, 0.29) is 29.9 Å². The first-order valence-corrected chi connectivity index (χ1v) is 11.1. The van der Waals surface area contributed by atoms with E-state index >= 15 is 0 Å². The second kappa shape index (κ2) is 6.92. The highest BCUT2D eigenvalue weighted by molar-refractivity contribution is 5.90. The number of carboxylic acids is 1. The van der Waals surface area contributed by atoms with Gasteiger partial charge in [0.15, 0.2) is 23.4 Å². The molecule has 1 saturated carbocycles. The van der Waals surface area contributed by atoms with Gasteiger partial charge in [0, 0.05) is 18.0 Å². The van der Waals surface area contributed by atoms with Crippen LogP contribution in [0.2, 0.25) is 0 Å². The average molecular weight is 444 g/mol. The fourth-order valence-electron chi connectivity index (χ4n) is 6.37. The van der Waals surface area contributed by atoms with Crippen LogP contribution < -0.4 is 14.8 Å². The topological polar surface area (TPSA) is 125 Å². The Balaban J connectivity index is 1.55. The molecule has 9 nitrogen and oxygen atoms in total. The standard InChI is InChI=1S/C23H28N2O7/c1-11(2)17(20(27)28)24-21(29)31-14-5-4-12-10-15-23(30)7-6-13(26)19-22(23,8-9-25(15)3)16(12)18(14)32-19/h4-5,11,15,17,19,30H,6-10H2,1-3H3,(H,24,29)(H,27,28)/t15-,17-,19+,22+,23-/m1/s1. The summed E-state index contributed by atoms with van der Waals surface area (Å²) in [6.07, 6.45) is 0.0692. The first-order chi connectivity index (χ1) is 15.1. The molecule has 0 aromatic heterocycles. The molecule has 0 unspecified atom stereocenters. The predicted octanol–water partition coefficient (Wildman–Crippen LogP) is 1.24. The summed E-state index contributed by atoms with van der Waals surface area (Å²) in [5.74, 6) is -1.09. The minimum absolute atomic E-state index is 0.0526. The number of hydrogen-bond acceptors (Lipinski definition) is 7. The SMILES string of the molecule is CC(C)[C@@H](NC(=O)Oc1ccc2c3c1O[C@H]1C(=O)CC[C@@]4(O)[C@@H](C2)N(C)CC[C@]314)C(=O)O. The number of amides is 1. The maximum atomic E-state index is 12.9. The Bertz CT molecular complexity index is 1020. The monoisotopic (exact) mass is 444 g/mol. The number of carbonyl (C=O) groups excluding carboxylic acids is 2. The summed E-state index contributed by atoms with van der Waals surface area (Å²) in [4.78, 5) is 39.0. The van der Waals surface area contributed by atoms with Crippen LogP contribution in [-0.2, 0) is 21.4 Å². The second-order valence-corrected chi connectivity index (χ2v) is 9.83. The van der Waals surface area contributed by atoms with Crippen molar-refractivity contribution in [2.45, 2.75) is 68.7 Å². The molecule has 1 spiro atoms. The third-order valence-electron chi connectivity index (χ3n) is 7.92. The summed E-state index contributed by atoms with van der Waals surface area (Å²) >= 11 is 0. The van der Waals surface area contributed by atoms with Crippen molar-refractivity contribution in [3.05, 3.63) is 23.3 Å². The molecule has 32 heavy (non-hydrogen) atoms. The van der Waals surface area contributed by atoms with E-state index in [0.717, 1.165) is 17.7 Å². The van der Waals surface area contributed by atoms with Gasteiger partial charge in [0.25, 0.3) is 0 Å². The van der Waals surface area contributed by atoms with E-state index < -0.39 is 35.2 Å². The van der Waals surface area contributed by atoms with Gasteiger partial charge >= 0.3 is 12.1 Å². The normalized spacial score (nSPS) is 33.3. The van der Waals surface area contributed by atoms with E-state index in [1.807, 2.05) is 13.1 Å². The zero-order valence-corrected chi connectivity index (χ0v) is 18.4. The number of aliphatic hydroxyl groups is 1. The zero-order chi connectivity index (χ0) is 23.0. The van der Waals surface area contributed by atoms with Crippen molar-refractivity contribution >= 4 is 17.8 Å². The molecule has 4 aliphatic rings. The van der Waals surface area contributed by atoms with Gasteiger partial charge in [-0.25, -0.2) is 9.59 Å². The van der Waals surface area contributed by atoms with Crippen LogP contribution in [0.3, 0.4) is 0 Å². The van der Waals surface area contributed by atoms with Gasteiger partial charge in [-0.2, -0.15) is 0 Å². The van der Waals surface area contributed by atoms with Gasteiger partial charge in [0.2, 0.25) is 0 Å². The van der Waals surface area contributed by atoms with Crippen molar-refractivity contribution in [2.75, 3.05) is 13.6 Å². The molecule has 3 N–H and O–H groups in total. The van der Waals surface area contributed by atoms with E-state index in [1.165, 1.54) is 0 Å². The number of likely N-dealkylation sites (N-methyl/N-ethyl adjacent to an activating group) is 1. The number of hydrogen-bond donors (Lipinski definition) is 3. The van der Waals surface area contributed by atoms with Crippen molar-refractivity contribution in [1.29, 1.82) is 0 Å². The highest BCUT2D eigenvalue weighted by Crippen LogP contribution is 2.64. The van der Waals surface area contributed by atoms with Crippen LogP contribution in [0.15, 0.2) is 12.1 Å². The Morgan fingerprint density at radius 3 is 2.75 bits per heavy atom. The predicted molar refractivity (Wildman–Crippen MR) is 112 cm³/mol. The maximum Gasteiger partial charge on any atom is 0.413 e. The van der Waals surface area contributed by atoms with Crippen molar-refractivity contribution < 1.29 is 34.1 Å². The minimum Gasteiger partial charge on any atom is -0.480 e. The highest BCUT2D eigenvalue weighted by Gasteiger charge is 2.72. The first kappa shape index (κ1) is 21.2. The minimum atomic E-state index is -1.15. The molecule has 0 radical (unpaired) electrons. The summed E-state index contributed by atoms with van der Waals surface area (Å²) in [6, 6.07) is 2.26. The van der Waals surface area contributed by atoms with Crippen LogP contribution in [-0.4, -0.2) is 70.3 Å². The number of nitrogens with one attached hydrogen (secondary N) is 1. The van der Waals surface area contributed by atoms with Gasteiger partial charge in [-0.15, -0.1) is 0 Å². The van der Waals surface area contributed by atoms with Gasteiger partial charge in [-0.1, -0.05) is 19.9 Å². The lowest BCUT2D eigenvalue weighted by Crippen LogP contribution is -2.76. The third-order valence-corrected chi connectivity index (χ3v) is 7.92. The molecule has 2 bridgehead atoms. The molecule has 5 atom stereocenters. The molecule has 2 aliphatic heterocycles. The van der Waals surface area contributed by atoms with E-state index in [0.29, 0.717) is 25.0 Å². The van der Waals surface area contributed by atoms with Crippen molar-refractivity contribution in [1.82, 2.24) is 10.2 Å². The maximum absolute atomic E-state index is 12.9. The molecule has 1 amide bonds. The highest BCUT2D eigenvalue weighted by atomic mass is 16.6. The number of piperidine rings is 1. The Morgan fingerprint density at radius 1 is 1.31 bits per heavy atom. The number of carboxylic acid groups (broad SMARTS) is 1. The van der Waals surface area contributed by atoms with Gasteiger partial charge in [0.1, 0.15) is 6.04 Å². The molecule has 5 rings (SSSR count). The molecule has 172 valence electrons. The van der Waals surface area contributed by atoms with Crippen molar-refractivity contribution in [3.8, 4) is 11.5 Å². The van der Waals surface area contributed by atoms with E-state index in [9.17, 15) is 24.6 Å². The Labute approximate surface area is 185 Å². The van der Waals surface area contributed by atoms with Crippen LogP contribution in [0.4, 0.5) is 4.79 Å². The van der Waals surface area contributed by atoms with Crippen LogP contribution in [0.5, 0.6) is 11.5 Å². The first-order valence-electron chi connectivity index (χ1n) is 11.1. The number of carbonyl (C=O) groups is 3. The molecule has 2 heterocycles. The average Bonchev–Trinajstić information content (AvgIpc) is 3.08. The lowest BCUT2D eigenvalue weighted by atomic mass is 9.49. The summed E-state index contributed by atoms with van der Waals surface area (Å²) in [6.45, 7) is 4.10. The number of ether oxygens (including phenoxy) is 2. The third kappa shape index (κ3) is 2.61. The Morgan fingerprint density at radius 2 is 2.06 bits per heavy atom. The summed E-state index contributed by atoms with van der Waals surface area (Å²) < 4.78 is 11.7. The fraction of sp³-hybridized carbons (Fsp3) is 0.609. The molecular weight excluding hydrogens is 416 g/mol. The van der Waals surface area contributed by atoms with Crippen LogP contribution in [0, 0.1) is 5.92 Å². The molecule has 2 fully saturated rings. The summed E-state index contributed by atoms with van der Waals surface area (Å²) in [5.41, 5.74) is -0.216.